The second-order valence-corrected chi connectivity index (χ2v) is 5.51. The number of carboxylic acid groups (broad SMARTS) is 1. The minimum Gasteiger partial charge on any atom is -0.481 e. The van der Waals surface area contributed by atoms with E-state index in [1.807, 2.05) is 0 Å². The van der Waals surface area contributed by atoms with Gasteiger partial charge in [0.05, 0.1) is 5.92 Å². The average molecular weight is 293 g/mol. The number of aliphatic carboxylic acids is 1. The van der Waals surface area contributed by atoms with Crippen LogP contribution >= 0.6 is 0 Å². The number of carboxylic acids is 1. The Bertz CT molecular complexity index is 501. The third-order valence-corrected chi connectivity index (χ3v) is 3.90. The molecule has 1 saturated heterocycles. The van der Waals surface area contributed by atoms with Crippen LogP contribution in [0.3, 0.4) is 0 Å². The van der Waals surface area contributed by atoms with E-state index >= 15 is 0 Å². The van der Waals surface area contributed by atoms with Crippen molar-refractivity contribution in [3.8, 4) is 0 Å². The highest BCUT2D eigenvalue weighted by Crippen LogP contribution is 2.17. The molecule has 0 bridgehead atoms. The number of halogens is 1. The van der Waals surface area contributed by atoms with Crippen LogP contribution in [-0.2, 0) is 4.79 Å². The first-order valence-electron chi connectivity index (χ1n) is 7.30. The summed E-state index contributed by atoms with van der Waals surface area (Å²) in [6, 6.07) is 5.57. The lowest BCUT2D eigenvalue weighted by Crippen LogP contribution is -2.39. The summed E-state index contributed by atoms with van der Waals surface area (Å²) in [7, 11) is 0. The Morgan fingerprint density at radius 3 is 2.67 bits per heavy atom. The van der Waals surface area contributed by atoms with E-state index in [0.29, 0.717) is 24.9 Å². The molecule has 1 aromatic carbocycles. The molecule has 1 aliphatic heterocycles. The van der Waals surface area contributed by atoms with Crippen LogP contribution in [-0.4, -0.2) is 41.4 Å². The van der Waals surface area contributed by atoms with Crippen LogP contribution in [0.5, 0.6) is 0 Å². The topological polar surface area (TPSA) is 57.6 Å². The molecule has 0 amide bonds. The maximum absolute atomic E-state index is 12.8. The molecule has 1 atom stereocenters. The Labute approximate surface area is 123 Å². The molecule has 1 N–H and O–H groups in total. The number of hydrogen-bond donors (Lipinski definition) is 1. The number of hydrogen-bond acceptors (Lipinski definition) is 3. The normalized spacial score (nSPS) is 19.4. The van der Waals surface area contributed by atoms with Crippen LogP contribution in [0.15, 0.2) is 24.3 Å². The van der Waals surface area contributed by atoms with Gasteiger partial charge < -0.3 is 10.0 Å². The van der Waals surface area contributed by atoms with Gasteiger partial charge in [-0.15, -0.1) is 0 Å². The fourth-order valence-corrected chi connectivity index (χ4v) is 2.70. The molecule has 114 valence electrons. The number of benzene rings is 1. The number of Topliss-reactive ketones (excluding diaryl/α,β-unsaturated/α-hetero) is 1. The molecule has 0 unspecified atom stereocenters. The predicted octanol–water partition coefficient (Wildman–Crippen LogP) is 2.59. The minimum atomic E-state index is -0.734. The smallest absolute Gasteiger partial charge is 0.307 e. The zero-order valence-electron chi connectivity index (χ0n) is 11.9. The molecule has 5 heteroatoms. The summed E-state index contributed by atoms with van der Waals surface area (Å²) in [6.07, 6.45) is 2.73. The number of rotatable bonds is 6. The first-order chi connectivity index (χ1) is 10.1. The summed E-state index contributed by atoms with van der Waals surface area (Å²) in [5.74, 6) is -1.37. The molecule has 0 aliphatic carbocycles. The summed E-state index contributed by atoms with van der Waals surface area (Å²) < 4.78 is 12.8. The molecule has 1 fully saturated rings. The van der Waals surface area contributed by atoms with Gasteiger partial charge in [0.15, 0.2) is 5.78 Å². The highest BCUT2D eigenvalue weighted by molar-refractivity contribution is 5.95. The highest BCUT2D eigenvalue weighted by Gasteiger charge is 2.24. The Hall–Kier alpha value is -1.75. The molecule has 1 aliphatic rings. The summed E-state index contributed by atoms with van der Waals surface area (Å²) in [5.41, 5.74) is 0.526. The predicted molar refractivity (Wildman–Crippen MR) is 76.8 cm³/mol. The van der Waals surface area contributed by atoms with Crippen LogP contribution < -0.4 is 0 Å². The van der Waals surface area contributed by atoms with Crippen LogP contribution in [0.4, 0.5) is 4.39 Å². The summed E-state index contributed by atoms with van der Waals surface area (Å²) in [4.78, 5) is 25.0. The lowest BCUT2D eigenvalue weighted by Gasteiger charge is -2.30. The van der Waals surface area contributed by atoms with Crippen molar-refractivity contribution in [2.75, 3.05) is 19.6 Å². The van der Waals surface area contributed by atoms with E-state index in [-0.39, 0.29) is 17.5 Å². The maximum atomic E-state index is 12.8. The van der Waals surface area contributed by atoms with Gasteiger partial charge >= 0.3 is 5.97 Å². The Kier molecular flexibility index (Phi) is 5.44. The maximum Gasteiger partial charge on any atom is 0.307 e. The fourth-order valence-electron chi connectivity index (χ4n) is 2.70. The molecule has 0 aromatic heterocycles. The van der Waals surface area contributed by atoms with Gasteiger partial charge in [0.1, 0.15) is 5.82 Å². The molecule has 1 heterocycles. The average Bonchev–Trinajstić information content (AvgIpc) is 2.48. The molecule has 0 spiro atoms. The van der Waals surface area contributed by atoms with E-state index in [0.717, 1.165) is 25.9 Å². The molecule has 2 rings (SSSR count). The van der Waals surface area contributed by atoms with E-state index in [1.54, 1.807) is 0 Å². The van der Waals surface area contributed by atoms with E-state index < -0.39 is 5.97 Å². The highest BCUT2D eigenvalue weighted by atomic mass is 19.1. The summed E-state index contributed by atoms with van der Waals surface area (Å²) in [5, 5.41) is 9.03. The van der Waals surface area contributed by atoms with Crippen molar-refractivity contribution < 1.29 is 19.1 Å². The van der Waals surface area contributed by atoms with Gasteiger partial charge in [-0.2, -0.15) is 0 Å². The van der Waals surface area contributed by atoms with Crippen LogP contribution in [0.1, 0.15) is 36.0 Å². The molecular weight excluding hydrogens is 273 g/mol. The van der Waals surface area contributed by atoms with E-state index in [1.165, 1.54) is 24.3 Å². The third-order valence-electron chi connectivity index (χ3n) is 3.90. The summed E-state index contributed by atoms with van der Waals surface area (Å²) in [6.45, 7) is 2.20. The Morgan fingerprint density at radius 2 is 2.00 bits per heavy atom. The van der Waals surface area contributed by atoms with Gasteiger partial charge in [-0.3, -0.25) is 9.59 Å². The SMILES string of the molecule is O=C(CCCN1CCC[C@H](C(=O)O)C1)c1ccc(F)cc1. The van der Waals surface area contributed by atoms with Crippen molar-refractivity contribution in [3.63, 3.8) is 0 Å². The van der Waals surface area contributed by atoms with Gasteiger partial charge in [-0.1, -0.05) is 0 Å². The van der Waals surface area contributed by atoms with Crippen molar-refractivity contribution in [2.24, 2.45) is 5.92 Å². The number of ketones is 1. The quantitative estimate of drug-likeness (QED) is 0.819. The lowest BCUT2D eigenvalue weighted by atomic mass is 9.98. The van der Waals surface area contributed by atoms with Gasteiger partial charge in [0.2, 0.25) is 0 Å². The van der Waals surface area contributed by atoms with Crippen molar-refractivity contribution in [3.05, 3.63) is 35.6 Å². The number of piperidine rings is 1. The van der Waals surface area contributed by atoms with Crippen molar-refractivity contribution in [2.45, 2.75) is 25.7 Å². The minimum absolute atomic E-state index is 0.00166. The molecule has 4 nitrogen and oxygen atoms in total. The van der Waals surface area contributed by atoms with Gasteiger partial charge in [-0.25, -0.2) is 4.39 Å². The van der Waals surface area contributed by atoms with Gasteiger partial charge in [-0.05, 0) is 56.6 Å². The lowest BCUT2D eigenvalue weighted by molar-refractivity contribution is -0.143. The zero-order chi connectivity index (χ0) is 15.2. The number of likely N-dealkylation sites (tertiary alicyclic amines) is 1. The Morgan fingerprint density at radius 1 is 1.29 bits per heavy atom. The standard InChI is InChI=1S/C16H20FNO3/c17-14-7-5-12(6-8-14)15(19)4-2-10-18-9-1-3-13(11-18)16(20)21/h5-8,13H,1-4,9-11H2,(H,20,21)/t13-/m0/s1. The second kappa shape index (κ2) is 7.31. The second-order valence-electron chi connectivity index (χ2n) is 5.51. The van der Waals surface area contributed by atoms with Gasteiger partial charge in [0.25, 0.3) is 0 Å². The first kappa shape index (κ1) is 15.6. The van der Waals surface area contributed by atoms with Crippen molar-refractivity contribution in [1.29, 1.82) is 0 Å². The summed E-state index contributed by atoms with van der Waals surface area (Å²) >= 11 is 0. The number of carbonyl (C=O) groups is 2. The van der Waals surface area contributed by atoms with Crippen molar-refractivity contribution in [1.82, 2.24) is 4.90 Å². The van der Waals surface area contributed by atoms with E-state index in [9.17, 15) is 14.0 Å². The first-order valence-corrected chi connectivity index (χ1v) is 7.30. The Balaban J connectivity index is 1.75. The zero-order valence-corrected chi connectivity index (χ0v) is 11.9. The van der Waals surface area contributed by atoms with Crippen LogP contribution in [0.2, 0.25) is 0 Å². The molecule has 1 aromatic rings. The molecule has 0 radical (unpaired) electrons. The largest absolute Gasteiger partial charge is 0.481 e. The monoisotopic (exact) mass is 293 g/mol. The number of nitrogens with zero attached hydrogens (tertiary/aromatic N) is 1. The van der Waals surface area contributed by atoms with E-state index in [4.69, 9.17) is 5.11 Å². The van der Waals surface area contributed by atoms with E-state index in [2.05, 4.69) is 4.90 Å². The van der Waals surface area contributed by atoms with Crippen LogP contribution in [0.25, 0.3) is 0 Å². The van der Waals surface area contributed by atoms with Crippen molar-refractivity contribution >= 4 is 11.8 Å². The molecular formula is C16H20FNO3. The van der Waals surface area contributed by atoms with Gasteiger partial charge in [0, 0.05) is 18.5 Å². The molecule has 21 heavy (non-hydrogen) atoms. The van der Waals surface area contributed by atoms with Crippen LogP contribution in [0, 0.1) is 11.7 Å². The third kappa shape index (κ3) is 4.63. The fraction of sp³-hybridized carbons (Fsp3) is 0.500. The molecule has 0 saturated carbocycles. The number of carbonyl (C=O) groups excluding carboxylic acids is 1.